The Kier molecular flexibility index (Phi) is 8.95. The molecule has 1 aliphatic heterocycles. The lowest BCUT2D eigenvalue weighted by atomic mass is 9.71. The van der Waals surface area contributed by atoms with E-state index in [2.05, 4.69) is 47.7 Å². The van der Waals surface area contributed by atoms with Crippen LogP contribution in [-0.4, -0.2) is 31.6 Å². The Morgan fingerprint density at radius 1 is 1.14 bits per heavy atom. The molecule has 9 heteroatoms. The molecule has 1 aliphatic carbocycles. The van der Waals surface area contributed by atoms with E-state index in [4.69, 9.17) is 14.1 Å². The van der Waals surface area contributed by atoms with Gasteiger partial charge in [-0.15, -0.1) is 0 Å². The topological polar surface area (TPSA) is 51.6 Å². The lowest BCUT2D eigenvalue weighted by molar-refractivity contribution is -0.140. The zero-order valence-electron chi connectivity index (χ0n) is 26.3. The number of halogens is 4. The number of ether oxygens (including phenoxy) is 1. The fourth-order valence-corrected chi connectivity index (χ4v) is 7.11. The average Bonchev–Trinajstić information content (AvgIpc) is 2.85. The maximum absolute atomic E-state index is 14.8. The van der Waals surface area contributed by atoms with Crippen LogP contribution in [-0.2, 0) is 21.8 Å². The first-order valence-corrected chi connectivity index (χ1v) is 17.7. The van der Waals surface area contributed by atoms with Gasteiger partial charge in [-0.1, -0.05) is 60.6 Å². The molecule has 4 nitrogen and oxygen atoms in total. The van der Waals surface area contributed by atoms with E-state index in [0.29, 0.717) is 37.0 Å². The Balaban J connectivity index is 2.03. The van der Waals surface area contributed by atoms with Gasteiger partial charge in [-0.2, -0.15) is 13.2 Å². The van der Waals surface area contributed by atoms with Crippen LogP contribution < -0.4 is 0 Å². The monoisotopic (exact) mass is 607 g/mol. The Hall–Kier alpha value is -2.07. The number of aliphatic hydroxyl groups is 1. The molecule has 0 bridgehead atoms. The van der Waals surface area contributed by atoms with Crippen LogP contribution >= 0.6 is 0 Å². The van der Waals surface area contributed by atoms with Crippen molar-refractivity contribution < 1.29 is 31.8 Å². The highest BCUT2D eigenvalue weighted by molar-refractivity contribution is 6.74. The minimum atomic E-state index is -4.83. The van der Waals surface area contributed by atoms with Crippen molar-refractivity contribution in [2.24, 2.45) is 5.41 Å². The summed E-state index contributed by atoms with van der Waals surface area (Å²) in [6.45, 7) is 20.4. The van der Waals surface area contributed by atoms with Crippen molar-refractivity contribution in [1.29, 1.82) is 0 Å². The number of aromatic nitrogens is 1. The number of nitrogens with zero attached hydrogens (tertiary/aromatic N) is 1. The molecule has 0 saturated carbocycles. The smallest absolute Gasteiger partial charge is 0.410 e. The lowest BCUT2D eigenvalue weighted by Crippen LogP contribution is -2.44. The number of hydrogen-bond donors (Lipinski definition) is 1. The molecule has 2 heterocycles. The molecule has 1 N–H and O–H groups in total. The Morgan fingerprint density at radius 2 is 1.81 bits per heavy atom. The number of aliphatic hydroxyl groups excluding tert-OH is 1. The van der Waals surface area contributed by atoms with Gasteiger partial charge in [0, 0.05) is 22.5 Å². The highest BCUT2D eigenvalue weighted by Crippen LogP contribution is 2.51. The predicted octanol–water partition coefficient (Wildman–Crippen LogP) is 9.28. The second-order valence-electron chi connectivity index (χ2n) is 14.4. The molecule has 0 saturated heterocycles. The summed E-state index contributed by atoms with van der Waals surface area (Å²) in [6.07, 6.45) is -2.41. The van der Waals surface area contributed by atoms with Crippen molar-refractivity contribution >= 4 is 13.9 Å². The number of rotatable bonds is 6. The molecular formula is C33H45F4NO3Si. The lowest BCUT2D eigenvalue weighted by Gasteiger charge is -2.45. The molecule has 232 valence electrons. The normalized spacial score (nSPS) is 20.4. The number of pyridine rings is 1. The average molecular weight is 608 g/mol. The fraction of sp³-hybridized carbons (Fsp3) is 0.606. The minimum Gasteiger partial charge on any atom is -0.410 e. The third-order valence-electron chi connectivity index (χ3n) is 9.05. The highest BCUT2D eigenvalue weighted by Gasteiger charge is 2.45. The van der Waals surface area contributed by atoms with Crippen LogP contribution in [0, 0.1) is 11.2 Å². The first-order valence-electron chi connectivity index (χ1n) is 14.8. The first kappa shape index (κ1) is 32.8. The van der Waals surface area contributed by atoms with Crippen LogP contribution in [0.2, 0.25) is 18.1 Å². The largest absolute Gasteiger partial charge is 0.419 e. The molecule has 1 aromatic heterocycles. The van der Waals surface area contributed by atoms with Gasteiger partial charge >= 0.3 is 6.18 Å². The zero-order valence-corrected chi connectivity index (χ0v) is 27.3. The van der Waals surface area contributed by atoms with Gasteiger partial charge in [0.25, 0.3) is 0 Å². The summed E-state index contributed by atoms with van der Waals surface area (Å²) >= 11 is 0. The van der Waals surface area contributed by atoms with E-state index in [1.165, 1.54) is 0 Å². The van der Waals surface area contributed by atoms with Crippen molar-refractivity contribution in [1.82, 2.24) is 4.98 Å². The third kappa shape index (κ3) is 6.54. The maximum atomic E-state index is 14.8. The Bertz CT molecular complexity index is 1360. The van der Waals surface area contributed by atoms with Crippen molar-refractivity contribution in [3.8, 4) is 0 Å². The number of fused-ring (bicyclic) bond motifs is 1. The van der Waals surface area contributed by atoms with Gasteiger partial charge in [0.1, 0.15) is 11.9 Å². The van der Waals surface area contributed by atoms with Crippen molar-refractivity contribution in [3.63, 3.8) is 0 Å². The summed E-state index contributed by atoms with van der Waals surface area (Å²) < 4.78 is 67.6. The summed E-state index contributed by atoms with van der Waals surface area (Å²) in [5.74, 6) is -1.52. The summed E-state index contributed by atoms with van der Waals surface area (Å²) in [5, 5.41) is 11.9. The van der Waals surface area contributed by atoms with E-state index < -0.39 is 32.0 Å². The van der Waals surface area contributed by atoms with Crippen molar-refractivity contribution in [3.05, 3.63) is 69.3 Å². The third-order valence-corrected chi connectivity index (χ3v) is 13.5. The van der Waals surface area contributed by atoms with Gasteiger partial charge in [0.2, 0.25) is 0 Å². The van der Waals surface area contributed by atoms with Gasteiger partial charge in [0.15, 0.2) is 8.32 Å². The first-order chi connectivity index (χ1) is 19.2. The molecule has 2 atom stereocenters. The molecule has 4 rings (SSSR count). The molecule has 1 unspecified atom stereocenters. The van der Waals surface area contributed by atoms with Gasteiger partial charge in [-0.25, -0.2) is 4.39 Å². The van der Waals surface area contributed by atoms with Crippen LogP contribution in [0.3, 0.4) is 0 Å². The molecule has 42 heavy (non-hydrogen) atoms. The van der Waals surface area contributed by atoms with Crippen LogP contribution in [0.1, 0.15) is 119 Å². The second kappa shape index (κ2) is 11.5. The molecule has 0 radical (unpaired) electrons. The van der Waals surface area contributed by atoms with E-state index in [-0.39, 0.29) is 28.0 Å². The van der Waals surface area contributed by atoms with Crippen molar-refractivity contribution in [2.45, 2.75) is 110 Å². The molecule has 0 amide bonds. The van der Waals surface area contributed by atoms with Gasteiger partial charge in [0.05, 0.1) is 24.9 Å². The zero-order chi connectivity index (χ0) is 31.4. The fourth-order valence-electron chi connectivity index (χ4n) is 5.84. The van der Waals surface area contributed by atoms with Crippen LogP contribution in [0.25, 0.3) is 5.57 Å². The highest BCUT2D eigenvalue weighted by atomic mass is 28.4. The standard InChI is InChI=1S/C33H45F4NO3Si/c1-19(2)29-28(30(39)21-10-11-22(23(34)16-21)33(35,36)37)26(20-12-14-40-15-13-20)27-24(38-29)17-32(6,7)18-25(27)41-42(8,9)31(3,4)5/h10-12,16,19,25,30,39H,13-15,17-18H2,1-9H3/t25?,30-/m1/s1. The van der Waals surface area contributed by atoms with E-state index in [0.717, 1.165) is 47.4 Å². The summed E-state index contributed by atoms with van der Waals surface area (Å²) in [7, 11) is -2.26. The molecule has 0 spiro atoms. The molecule has 1 aromatic carbocycles. The van der Waals surface area contributed by atoms with E-state index in [1.54, 1.807) is 0 Å². The second-order valence-corrected chi connectivity index (χ2v) is 19.2. The molecule has 2 aromatic rings. The number of hydrogen-bond acceptors (Lipinski definition) is 4. The number of benzene rings is 1. The minimum absolute atomic E-state index is 0.0434. The summed E-state index contributed by atoms with van der Waals surface area (Å²) in [6, 6.07) is 2.66. The Morgan fingerprint density at radius 3 is 2.33 bits per heavy atom. The van der Waals surface area contributed by atoms with Crippen LogP contribution in [0.15, 0.2) is 24.3 Å². The summed E-state index contributed by atoms with van der Waals surface area (Å²) in [5.41, 5.74) is 3.48. The number of alkyl halides is 3. The summed E-state index contributed by atoms with van der Waals surface area (Å²) in [4.78, 5) is 5.18. The van der Waals surface area contributed by atoms with Crippen LogP contribution in [0.5, 0.6) is 0 Å². The van der Waals surface area contributed by atoms with Crippen molar-refractivity contribution in [2.75, 3.05) is 13.2 Å². The quantitative estimate of drug-likeness (QED) is 0.263. The Labute approximate surface area is 248 Å². The van der Waals surface area contributed by atoms with Gasteiger partial charge < -0.3 is 14.3 Å². The van der Waals surface area contributed by atoms with E-state index in [9.17, 15) is 22.7 Å². The molecule has 0 fully saturated rings. The molecular weight excluding hydrogens is 562 g/mol. The molecule has 2 aliphatic rings. The maximum Gasteiger partial charge on any atom is 0.419 e. The van der Waals surface area contributed by atoms with Gasteiger partial charge in [-0.05, 0) is 77.6 Å². The SMILES string of the molecule is CC(C)c1nc2c(c(C3=CCOCC3)c1[C@H](O)c1ccc(C(F)(F)F)c(F)c1)C(O[Si](C)(C)C(C)(C)C)CC(C)(C)C2. The van der Waals surface area contributed by atoms with Gasteiger partial charge in [-0.3, -0.25) is 4.98 Å². The predicted molar refractivity (Wildman–Crippen MR) is 160 cm³/mol. The van der Waals surface area contributed by atoms with E-state index >= 15 is 0 Å². The van der Waals surface area contributed by atoms with Crippen LogP contribution in [0.4, 0.5) is 17.6 Å². The van der Waals surface area contributed by atoms with E-state index in [1.807, 2.05) is 19.9 Å².